The number of halogens is 3. The van der Waals surface area contributed by atoms with Crippen LogP contribution < -0.4 is 10.6 Å². The molecule has 2 aliphatic rings. The molecular weight excluding hydrogens is 449 g/mol. The number of alkyl halides is 3. The van der Waals surface area contributed by atoms with Crippen LogP contribution in [-0.4, -0.2) is 48.1 Å². The van der Waals surface area contributed by atoms with Crippen LogP contribution in [0.2, 0.25) is 0 Å². The number of carboxylic acids is 1. The maximum atomic E-state index is 12.5. The van der Waals surface area contributed by atoms with E-state index >= 15 is 0 Å². The van der Waals surface area contributed by atoms with E-state index in [0.29, 0.717) is 0 Å². The minimum Gasteiger partial charge on any atom is -0.475 e. The van der Waals surface area contributed by atoms with Gasteiger partial charge in [0.2, 0.25) is 5.91 Å². The Balaban J connectivity index is 0.000000406. The van der Waals surface area contributed by atoms with Crippen LogP contribution in [0.1, 0.15) is 45.5 Å². The highest BCUT2D eigenvalue weighted by atomic mass is 19.4. The first-order valence-corrected chi connectivity index (χ1v) is 11.2. The second-order valence-electron chi connectivity index (χ2n) is 8.40. The lowest BCUT2D eigenvalue weighted by atomic mass is 9.97. The van der Waals surface area contributed by atoms with Gasteiger partial charge in [0, 0.05) is 24.4 Å². The molecule has 9 heteroatoms. The molecule has 0 saturated heterocycles. The smallest absolute Gasteiger partial charge is 0.475 e. The lowest BCUT2D eigenvalue weighted by Crippen LogP contribution is -2.35. The van der Waals surface area contributed by atoms with Gasteiger partial charge in [-0.05, 0) is 67.1 Å². The molecule has 0 bridgehead atoms. The second-order valence-corrected chi connectivity index (χ2v) is 8.40. The predicted octanol–water partition coefficient (Wildman–Crippen LogP) is 3.25. The molecule has 1 aliphatic carbocycles. The number of benzene rings is 2. The van der Waals surface area contributed by atoms with Gasteiger partial charge in [0.15, 0.2) is 5.78 Å². The van der Waals surface area contributed by atoms with Crippen molar-refractivity contribution >= 4 is 17.7 Å². The maximum Gasteiger partial charge on any atom is 0.490 e. The number of aliphatic carboxylic acids is 1. The normalized spacial score (nSPS) is 15.3. The number of carbonyl (C=O) groups is 3. The van der Waals surface area contributed by atoms with E-state index in [1.165, 1.54) is 22.3 Å². The highest BCUT2D eigenvalue weighted by molar-refractivity contribution is 5.98. The molecule has 1 aliphatic heterocycles. The van der Waals surface area contributed by atoms with Crippen LogP contribution in [0.15, 0.2) is 42.5 Å². The number of nitrogens with one attached hydrogen (secondary N) is 2. The van der Waals surface area contributed by atoms with Gasteiger partial charge in [-0.15, -0.1) is 0 Å². The quantitative estimate of drug-likeness (QED) is 0.576. The SMILES string of the molecule is O=C(CCC(=O)c1ccc2c(c1)CCNCC2)NC1Cc2ccccc2C1.O=C(O)C(F)(F)F. The zero-order valence-electron chi connectivity index (χ0n) is 18.6. The Morgan fingerprint density at radius 3 is 2.09 bits per heavy atom. The summed E-state index contributed by atoms with van der Waals surface area (Å²) in [5.41, 5.74) is 5.96. The summed E-state index contributed by atoms with van der Waals surface area (Å²) >= 11 is 0. The lowest BCUT2D eigenvalue weighted by Gasteiger charge is -2.12. The van der Waals surface area contributed by atoms with E-state index in [0.717, 1.165) is 44.3 Å². The largest absolute Gasteiger partial charge is 0.490 e. The molecule has 0 radical (unpaired) electrons. The average Bonchev–Trinajstić information content (AvgIpc) is 3.04. The van der Waals surface area contributed by atoms with E-state index in [9.17, 15) is 22.8 Å². The van der Waals surface area contributed by atoms with Crippen molar-refractivity contribution in [1.29, 1.82) is 0 Å². The van der Waals surface area contributed by atoms with Crippen molar-refractivity contribution in [3.8, 4) is 0 Å². The first kappa shape index (κ1) is 25.4. The summed E-state index contributed by atoms with van der Waals surface area (Å²) in [6, 6.07) is 14.5. The Labute approximate surface area is 195 Å². The summed E-state index contributed by atoms with van der Waals surface area (Å²) < 4.78 is 31.7. The van der Waals surface area contributed by atoms with Gasteiger partial charge >= 0.3 is 12.1 Å². The van der Waals surface area contributed by atoms with Crippen LogP contribution in [0.3, 0.4) is 0 Å². The number of carbonyl (C=O) groups excluding carboxylic acids is 2. The molecule has 34 heavy (non-hydrogen) atoms. The van der Waals surface area contributed by atoms with Crippen LogP contribution in [-0.2, 0) is 35.3 Å². The van der Waals surface area contributed by atoms with Crippen molar-refractivity contribution < 1.29 is 32.7 Å². The molecule has 1 heterocycles. The topological polar surface area (TPSA) is 95.5 Å². The third kappa shape index (κ3) is 7.15. The fourth-order valence-electron chi connectivity index (χ4n) is 4.18. The number of amides is 1. The average molecular weight is 476 g/mol. The van der Waals surface area contributed by atoms with Crippen LogP contribution in [0.5, 0.6) is 0 Å². The molecule has 2 aromatic carbocycles. The van der Waals surface area contributed by atoms with Crippen molar-refractivity contribution in [2.75, 3.05) is 13.1 Å². The standard InChI is InChI=1S/C23H26N2O2.C2HF3O2/c26-22(20-6-5-16-9-11-24-12-10-19(16)13-20)7-8-23(27)25-21-14-17-3-1-2-4-18(17)15-21;3-2(4,5)1(6)7/h1-6,13,21,24H,7-12,14-15H2,(H,25,27);(H,6,7). The molecule has 6 nitrogen and oxygen atoms in total. The van der Waals surface area contributed by atoms with Crippen LogP contribution >= 0.6 is 0 Å². The molecule has 182 valence electrons. The Bertz CT molecular complexity index is 1030. The van der Waals surface area contributed by atoms with Crippen LogP contribution in [0.4, 0.5) is 13.2 Å². The van der Waals surface area contributed by atoms with Crippen molar-refractivity contribution in [2.24, 2.45) is 0 Å². The molecule has 0 saturated carbocycles. The summed E-state index contributed by atoms with van der Waals surface area (Å²) in [5.74, 6) is -2.73. The summed E-state index contributed by atoms with van der Waals surface area (Å²) in [5, 5.41) is 13.6. The number of hydrogen-bond acceptors (Lipinski definition) is 4. The van der Waals surface area contributed by atoms with E-state index in [2.05, 4.69) is 28.8 Å². The van der Waals surface area contributed by atoms with Crippen molar-refractivity contribution in [1.82, 2.24) is 10.6 Å². The Kier molecular flexibility index (Phi) is 8.44. The predicted molar refractivity (Wildman–Crippen MR) is 120 cm³/mol. The summed E-state index contributed by atoms with van der Waals surface area (Å²) in [4.78, 5) is 33.7. The summed E-state index contributed by atoms with van der Waals surface area (Å²) in [7, 11) is 0. The molecular formula is C25H27F3N2O4. The number of Topliss-reactive ketones (excluding diaryl/α,β-unsaturated/α-hetero) is 1. The van der Waals surface area contributed by atoms with Crippen molar-refractivity contribution in [3.05, 3.63) is 70.3 Å². The number of rotatable bonds is 5. The Hall–Kier alpha value is -3.20. The van der Waals surface area contributed by atoms with Gasteiger partial charge in [-0.1, -0.05) is 36.4 Å². The first-order valence-electron chi connectivity index (χ1n) is 11.2. The first-order chi connectivity index (χ1) is 16.1. The van der Waals surface area contributed by atoms with Crippen molar-refractivity contribution in [2.45, 2.75) is 50.7 Å². The number of carboxylic acid groups (broad SMARTS) is 1. The molecule has 0 fully saturated rings. The van der Waals surface area contributed by atoms with E-state index in [4.69, 9.17) is 9.90 Å². The molecule has 0 unspecified atom stereocenters. The van der Waals surface area contributed by atoms with Crippen LogP contribution in [0.25, 0.3) is 0 Å². The molecule has 2 aromatic rings. The highest BCUT2D eigenvalue weighted by Crippen LogP contribution is 2.22. The Morgan fingerprint density at radius 2 is 1.50 bits per heavy atom. The van der Waals surface area contributed by atoms with Gasteiger partial charge < -0.3 is 15.7 Å². The Morgan fingerprint density at radius 1 is 0.912 bits per heavy atom. The van der Waals surface area contributed by atoms with Crippen molar-refractivity contribution in [3.63, 3.8) is 0 Å². The minimum absolute atomic E-state index is 0.0277. The fourth-order valence-corrected chi connectivity index (χ4v) is 4.18. The molecule has 1 amide bonds. The number of hydrogen-bond donors (Lipinski definition) is 3. The minimum atomic E-state index is -5.08. The van der Waals surface area contributed by atoms with E-state index in [-0.39, 0.29) is 30.6 Å². The van der Waals surface area contributed by atoms with Gasteiger partial charge in [0.1, 0.15) is 0 Å². The number of ketones is 1. The van der Waals surface area contributed by atoms with E-state index in [1.54, 1.807) is 0 Å². The van der Waals surface area contributed by atoms with Crippen LogP contribution in [0, 0.1) is 0 Å². The van der Waals surface area contributed by atoms with E-state index in [1.807, 2.05) is 24.3 Å². The lowest BCUT2D eigenvalue weighted by molar-refractivity contribution is -0.192. The van der Waals surface area contributed by atoms with E-state index < -0.39 is 12.1 Å². The molecule has 0 spiro atoms. The maximum absolute atomic E-state index is 12.5. The van der Waals surface area contributed by atoms with Gasteiger partial charge in [-0.25, -0.2) is 4.79 Å². The third-order valence-electron chi connectivity index (χ3n) is 5.91. The summed E-state index contributed by atoms with van der Waals surface area (Å²) in [6.07, 6.45) is -0.828. The zero-order valence-corrected chi connectivity index (χ0v) is 18.6. The number of fused-ring (bicyclic) bond motifs is 2. The highest BCUT2D eigenvalue weighted by Gasteiger charge is 2.38. The van der Waals surface area contributed by atoms with Gasteiger partial charge in [0.05, 0.1) is 0 Å². The molecule has 0 atom stereocenters. The second kappa shape index (κ2) is 11.3. The van der Waals surface area contributed by atoms with Gasteiger partial charge in [-0.3, -0.25) is 9.59 Å². The molecule has 4 rings (SSSR count). The fraction of sp³-hybridized carbons (Fsp3) is 0.400. The third-order valence-corrected chi connectivity index (χ3v) is 5.91. The van der Waals surface area contributed by atoms with Gasteiger partial charge in [0.25, 0.3) is 0 Å². The molecule has 3 N–H and O–H groups in total. The zero-order chi connectivity index (χ0) is 24.7. The monoisotopic (exact) mass is 476 g/mol. The molecule has 0 aromatic heterocycles. The summed E-state index contributed by atoms with van der Waals surface area (Å²) in [6.45, 7) is 1.95. The van der Waals surface area contributed by atoms with Gasteiger partial charge in [-0.2, -0.15) is 13.2 Å².